The van der Waals surface area contributed by atoms with Crippen LogP contribution >= 0.6 is 11.6 Å². The van der Waals surface area contributed by atoms with Crippen molar-refractivity contribution in [1.29, 1.82) is 0 Å². The van der Waals surface area contributed by atoms with E-state index in [9.17, 15) is 13.2 Å². The second-order valence-electron chi connectivity index (χ2n) is 4.84. The Morgan fingerprint density at radius 1 is 1.30 bits per heavy atom. The van der Waals surface area contributed by atoms with Crippen LogP contribution in [0.15, 0.2) is 41.6 Å². The molecule has 2 aromatic rings. The summed E-state index contributed by atoms with van der Waals surface area (Å²) in [7, 11) is -2.51. The number of rotatable bonds is 5. The van der Waals surface area contributed by atoms with Gasteiger partial charge >= 0.3 is 0 Å². The summed E-state index contributed by atoms with van der Waals surface area (Å²) in [4.78, 5) is 19.7. The van der Waals surface area contributed by atoms with E-state index in [1.807, 2.05) is 6.92 Å². The van der Waals surface area contributed by atoms with Crippen LogP contribution in [0.3, 0.4) is 0 Å². The molecule has 1 N–H and O–H groups in total. The van der Waals surface area contributed by atoms with Gasteiger partial charge in [-0.2, -0.15) is 4.31 Å². The van der Waals surface area contributed by atoms with Crippen LogP contribution < -0.4 is 5.32 Å². The monoisotopic (exact) mass is 354 g/mol. The van der Waals surface area contributed by atoms with E-state index in [0.29, 0.717) is 5.82 Å². The van der Waals surface area contributed by atoms with Crippen LogP contribution in [0.2, 0.25) is 5.15 Å². The average molecular weight is 355 g/mol. The molecule has 0 aliphatic rings. The fraction of sp³-hybridized carbons (Fsp3) is 0.214. The molecule has 0 bridgehead atoms. The number of sulfonamides is 1. The van der Waals surface area contributed by atoms with E-state index < -0.39 is 15.9 Å². The van der Waals surface area contributed by atoms with Crippen LogP contribution in [-0.4, -0.2) is 42.2 Å². The van der Waals surface area contributed by atoms with Gasteiger partial charge in [0.2, 0.25) is 15.9 Å². The molecule has 1 amide bonds. The largest absolute Gasteiger partial charge is 0.310 e. The summed E-state index contributed by atoms with van der Waals surface area (Å²) in [6.07, 6.45) is 2.71. The van der Waals surface area contributed by atoms with E-state index in [2.05, 4.69) is 15.3 Å². The van der Waals surface area contributed by atoms with Crippen molar-refractivity contribution in [3.05, 3.63) is 47.4 Å². The van der Waals surface area contributed by atoms with Gasteiger partial charge in [-0.25, -0.2) is 18.4 Å². The van der Waals surface area contributed by atoms with Crippen LogP contribution in [0.5, 0.6) is 0 Å². The zero-order valence-corrected chi connectivity index (χ0v) is 14.1. The minimum absolute atomic E-state index is 0.0362. The Balaban J connectivity index is 2.06. The number of amides is 1. The Bertz CT molecular complexity index is 809. The second kappa shape index (κ2) is 7.03. The number of halogens is 1. The number of carbonyl (C=O) groups is 1. The first kappa shape index (κ1) is 17.3. The molecule has 23 heavy (non-hydrogen) atoms. The summed E-state index contributed by atoms with van der Waals surface area (Å²) in [6.45, 7) is 1.52. The highest BCUT2D eigenvalue weighted by atomic mass is 35.5. The normalized spacial score (nSPS) is 11.5. The van der Waals surface area contributed by atoms with Gasteiger partial charge in [-0.1, -0.05) is 11.6 Å². The molecule has 0 spiro atoms. The van der Waals surface area contributed by atoms with Gasteiger partial charge in [0.25, 0.3) is 0 Å². The zero-order chi connectivity index (χ0) is 17.0. The summed E-state index contributed by atoms with van der Waals surface area (Å²) in [5.41, 5.74) is 0.934. The molecule has 0 aliphatic heterocycles. The van der Waals surface area contributed by atoms with Crippen molar-refractivity contribution in [1.82, 2.24) is 14.3 Å². The number of hydrogen-bond acceptors (Lipinski definition) is 5. The van der Waals surface area contributed by atoms with Crippen molar-refractivity contribution in [2.24, 2.45) is 0 Å². The van der Waals surface area contributed by atoms with E-state index >= 15 is 0 Å². The number of carbonyl (C=O) groups excluding carboxylic acids is 1. The Kier molecular flexibility index (Phi) is 5.30. The maximum Gasteiger partial charge on any atom is 0.244 e. The Labute approximate surface area is 139 Å². The lowest BCUT2D eigenvalue weighted by Crippen LogP contribution is -2.35. The van der Waals surface area contributed by atoms with Crippen molar-refractivity contribution in [2.45, 2.75) is 11.8 Å². The van der Waals surface area contributed by atoms with Crippen molar-refractivity contribution >= 4 is 33.3 Å². The van der Waals surface area contributed by atoms with Crippen molar-refractivity contribution in [2.75, 3.05) is 18.9 Å². The molecule has 2 aromatic heterocycles. The molecule has 0 atom stereocenters. The van der Waals surface area contributed by atoms with Crippen LogP contribution in [0.25, 0.3) is 0 Å². The van der Waals surface area contributed by atoms with Crippen molar-refractivity contribution in [3.63, 3.8) is 0 Å². The molecule has 9 heteroatoms. The lowest BCUT2D eigenvalue weighted by atomic mass is 10.3. The highest BCUT2D eigenvalue weighted by Gasteiger charge is 2.23. The smallest absolute Gasteiger partial charge is 0.244 e. The van der Waals surface area contributed by atoms with Gasteiger partial charge in [0, 0.05) is 19.4 Å². The average Bonchev–Trinajstić information content (AvgIpc) is 2.47. The molecule has 7 nitrogen and oxygen atoms in total. The summed E-state index contributed by atoms with van der Waals surface area (Å²) >= 11 is 5.64. The first-order chi connectivity index (χ1) is 10.8. The molecule has 0 radical (unpaired) electrons. The first-order valence-electron chi connectivity index (χ1n) is 6.59. The zero-order valence-electron chi connectivity index (χ0n) is 12.5. The van der Waals surface area contributed by atoms with Gasteiger partial charge in [-0.05, 0) is 36.8 Å². The minimum atomic E-state index is -3.82. The predicted molar refractivity (Wildman–Crippen MR) is 86.7 cm³/mol. The van der Waals surface area contributed by atoms with E-state index in [-0.39, 0.29) is 16.6 Å². The molecule has 0 aliphatic carbocycles. The first-order valence-corrected chi connectivity index (χ1v) is 8.41. The maximum absolute atomic E-state index is 12.3. The van der Waals surface area contributed by atoms with Gasteiger partial charge < -0.3 is 5.32 Å². The van der Waals surface area contributed by atoms with E-state index in [4.69, 9.17) is 11.6 Å². The lowest BCUT2D eigenvalue weighted by Gasteiger charge is -2.16. The molecule has 0 aromatic carbocycles. The third kappa shape index (κ3) is 4.47. The summed E-state index contributed by atoms with van der Waals surface area (Å²) in [6, 6.07) is 6.19. The topological polar surface area (TPSA) is 92.3 Å². The molecule has 122 valence electrons. The molecule has 2 heterocycles. The summed E-state index contributed by atoms with van der Waals surface area (Å²) in [5, 5.41) is 2.74. The number of anilines is 1. The Morgan fingerprint density at radius 3 is 2.65 bits per heavy atom. The molecular weight excluding hydrogens is 340 g/mol. The van der Waals surface area contributed by atoms with Crippen molar-refractivity contribution < 1.29 is 13.2 Å². The second-order valence-corrected chi connectivity index (χ2v) is 7.28. The van der Waals surface area contributed by atoms with Gasteiger partial charge in [-0.15, -0.1) is 0 Å². The highest BCUT2D eigenvalue weighted by molar-refractivity contribution is 7.89. The molecule has 2 rings (SSSR count). The van der Waals surface area contributed by atoms with E-state index in [0.717, 1.165) is 16.1 Å². The van der Waals surface area contributed by atoms with Gasteiger partial charge in [0.05, 0.1) is 6.54 Å². The third-order valence-corrected chi connectivity index (χ3v) is 4.97. The van der Waals surface area contributed by atoms with E-state index in [1.165, 1.54) is 19.2 Å². The van der Waals surface area contributed by atoms with Gasteiger partial charge in [-0.3, -0.25) is 4.79 Å². The van der Waals surface area contributed by atoms with E-state index in [1.54, 1.807) is 18.3 Å². The van der Waals surface area contributed by atoms with Gasteiger partial charge in [0.15, 0.2) is 0 Å². The van der Waals surface area contributed by atoms with Crippen LogP contribution in [-0.2, 0) is 14.8 Å². The van der Waals surface area contributed by atoms with Crippen molar-refractivity contribution in [3.8, 4) is 0 Å². The number of nitrogens with one attached hydrogen (secondary N) is 1. The highest BCUT2D eigenvalue weighted by Crippen LogP contribution is 2.15. The Morgan fingerprint density at radius 2 is 2.04 bits per heavy atom. The van der Waals surface area contributed by atoms with Gasteiger partial charge in [0.1, 0.15) is 15.9 Å². The number of nitrogens with zero attached hydrogens (tertiary/aromatic N) is 3. The predicted octanol–water partition coefficient (Wildman–Crippen LogP) is 1.70. The number of likely N-dealkylation sites (N-methyl/N-ethyl adjacent to an activating group) is 1. The lowest BCUT2D eigenvalue weighted by molar-refractivity contribution is -0.116. The maximum atomic E-state index is 12.3. The standard InChI is InChI=1S/C14H15ClN4O3S/c1-10-5-6-16-13(7-10)18-14(20)9-19(2)23(21,22)11-3-4-12(15)17-8-11/h3-8H,9H2,1-2H3,(H,16,18,20). The number of aryl methyl sites for hydroxylation is 1. The Hall–Kier alpha value is -2.03. The quantitative estimate of drug-likeness (QED) is 0.825. The number of aromatic nitrogens is 2. The van der Waals surface area contributed by atoms with Crippen LogP contribution in [0.1, 0.15) is 5.56 Å². The summed E-state index contributed by atoms with van der Waals surface area (Å²) in [5.74, 6) is -0.120. The molecular formula is C14H15ClN4O3S. The fourth-order valence-electron chi connectivity index (χ4n) is 1.77. The van der Waals surface area contributed by atoms with Crippen LogP contribution in [0.4, 0.5) is 5.82 Å². The number of hydrogen-bond donors (Lipinski definition) is 1. The fourth-order valence-corrected chi connectivity index (χ4v) is 2.95. The SMILES string of the molecule is Cc1ccnc(NC(=O)CN(C)S(=O)(=O)c2ccc(Cl)nc2)c1. The molecule has 0 unspecified atom stereocenters. The molecule has 0 fully saturated rings. The third-order valence-electron chi connectivity index (χ3n) is 2.96. The molecule has 0 saturated carbocycles. The minimum Gasteiger partial charge on any atom is -0.310 e. The van der Waals surface area contributed by atoms with Crippen LogP contribution in [0, 0.1) is 6.92 Å². The summed E-state index contributed by atoms with van der Waals surface area (Å²) < 4.78 is 25.6. The number of pyridine rings is 2. The molecule has 0 saturated heterocycles.